The first kappa shape index (κ1) is 15.5. The fourth-order valence-corrected chi connectivity index (χ4v) is 3.68. The van der Waals surface area contributed by atoms with Crippen molar-refractivity contribution in [2.24, 2.45) is 5.41 Å². The van der Waals surface area contributed by atoms with Gasteiger partial charge >= 0.3 is 0 Å². The highest BCUT2D eigenvalue weighted by Crippen LogP contribution is 2.42. The third-order valence-corrected chi connectivity index (χ3v) is 5.01. The van der Waals surface area contributed by atoms with E-state index in [9.17, 15) is 4.79 Å². The molecule has 4 heteroatoms. The van der Waals surface area contributed by atoms with Crippen LogP contribution in [0.1, 0.15) is 35.2 Å². The second-order valence-corrected chi connectivity index (χ2v) is 6.75. The van der Waals surface area contributed by atoms with Crippen molar-refractivity contribution < 1.29 is 14.3 Å². The van der Waals surface area contributed by atoms with Gasteiger partial charge in [0.05, 0.1) is 19.3 Å². The maximum absolute atomic E-state index is 12.6. The average molecular weight is 303 g/mol. The van der Waals surface area contributed by atoms with Gasteiger partial charge in [0.1, 0.15) is 0 Å². The van der Waals surface area contributed by atoms with Crippen LogP contribution >= 0.6 is 0 Å². The summed E-state index contributed by atoms with van der Waals surface area (Å²) in [5.41, 5.74) is 2.19. The van der Waals surface area contributed by atoms with Gasteiger partial charge in [0, 0.05) is 25.8 Å². The predicted octanol–water partition coefficient (Wildman–Crippen LogP) is 2.65. The van der Waals surface area contributed by atoms with Gasteiger partial charge in [0.2, 0.25) is 0 Å². The molecule has 2 heterocycles. The molecule has 1 aromatic carbocycles. The minimum absolute atomic E-state index is 0.158. The van der Waals surface area contributed by atoms with Crippen LogP contribution in [-0.2, 0) is 9.47 Å². The molecular formula is C18H25NO3. The van der Waals surface area contributed by atoms with E-state index < -0.39 is 0 Å². The lowest BCUT2D eigenvalue weighted by Gasteiger charge is -2.38. The normalized spacial score (nSPS) is 23.9. The quantitative estimate of drug-likeness (QED) is 0.861. The maximum Gasteiger partial charge on any atom is 0.253 e. The topological polar surface area (TPSA) is 38.8 Å². The van der Waals surface area contributed by atoms with Crippen molar-refractivity contribution in [3.8, 4) is 0 Å². The fourth-order valence-electron chi connectivity index (χ4n) is 3.68. The van der Waals surface area contributed by atoms with E-state index in [4.69, 9.17) is 9.47 Å². The van der Waals surface area contributed by atoms with Gasteiger partial charge in [-0.25, -0.2) is 0 Å². The number of hydrogen-bond acceptors (Lipinski definition) is 3. The van der Waals surface area contributed by atoms with Gasteiger partial charge in [-0.15, -0.1) is 0 Å². The van der Waals surface area contributed by atoms with Gasteiger partial charge < -0.3 is 14.4 Å². The van der Waals surface area contributed by atoms with E-state index in [1.165, 1.54) is 0 Å². The summed E-state index contributed by atoms with van der Waals surface area (Å²) in [6.07, 6.45) is 3.35. The Morgan fingerprint density at radius 2 is 2.18 bits per heavy atom. The molecule has 2 saturated heterocycles. The molecule has 120 valence electrons. The van der Waals surface area contributed by atoms with Gasteiger partial charge in [0.15, 0.2) is 0 Å². The molecule has 4 nitrogen and oxygen atoms in total. The average Bonchev–Trinajstić information content (AvgIpc) is 2.90. The minimum atomic E-state index is 0.158. The summed E-state index contributed by atoms with van der Waals surface area (Å²) >= 11 is 0. The molecule has 0 saturated carbocycles. The lowest BCUT2D eigenvalue weighted by molar-refractivity contribution is 0.0281. The van der Waals surface area contributed by atoms with Gasteiger partial charge in [-0.1, -0.05) is 17.7 Å². The minimum Gasteiger partial charge on any atom is -0.382 e. The first-order valence-electron chi connectivity index (χ1n) is 8.08. The zero-order valence-electron chi connectivity index (χ0n) is 13.5. The monoisotopic (exact) mass is 303 g/mol. The molecule has 0 bridgehead atoms. The molecule has 0 aromatic heterocycles. The van der Waals surface area contributed by atoms with Crippen LogP contribution in [0.4, 0.5) is 0 Å². The number of likely N-dealkylation sites (tertiary alicyclic amines) is 1. The van der Waals surface area contributed by atoms with Gasteiger partial charge in [-0.05, 0) is 43.7 Å². The number of piperidine rings is 1. The number of carbonyl (C=O) groups is 1. The summed E-state index contributed by atoms with van der Waals surface area (Å²) in [4.78, 5) is 14.6. The molecule has 2 fully saturated rings. The highest BCUT2D eigenvalue weighted by molar-refractivity contribution is 5.94. The van der Waals surface area contributed by atoms with E-state index in [1.807, 2.05) is 36.1 Å². The summed E-state index contributed by atoms with van der Waals surface area (Å²) in [6.45, 7) is 5.17. The molecule has 2 aliphatic rings. The van der Waals surface area contributed by atoms with Crippen LogP contribution in [0, 0.1) is 12.3 Å². The van der Waals surface area contributed by atoms with Crippen molar-refractivity contribution in [2.75, 3.05) is 33.4 Å². The van der Waals surface area contributed by atoms with Gasteiger partial charge in [-0.3, -0.25) is 4.79 Å². The number of nitrogens with zero attached hydrogens (tertiary/aromatic N) is 1. The molecule has 0 unspecified atom stereocenters. The van der Waals surface area contributed by atoms with Crippen molar-refractivity contribution in [3.05, 3.63) is 35.4 Å². The number of ether oxygens (including phenoxy) is 2. The molecule has 1 spiro atoms. The third kappa shape index (κ3) is 3.18. The number of hydrogen-bond donors (Lipinski definition) is 0. The molecule has 1 amide bonds. The summed E-state index contributed by atoms with van der Waals surface area (Å²) in [7, 11) is 1.72. The second kappa shape index (κ2) is 6.39. The highest BCUT2D eigenvalue weighted by Gasteiger charge is 2.43. The van der Waals surface area contributed by atoms with Gasteiger partial charge in [0.25, 0.3) is 5.91 Å². The zero-order valence-corrected chi connectivity index (χ0v) is 13.5. The van der Waals surface area contributed by atoms with Crippen LogP contribution in [0.3, 0.4) is 0 Å². The maximum atomic E-state index is 12.6. The van der Waals surface area contributed by atoms with Crippen molar-refractivity contribution in [3.63, 3.8) is 0 Å². The van der Waals surface area contributed by atoms with Gasteiger partial charge in [-0.2, -0.15) is 0 Å². The predicted molar refractivity (Wildman–Crippen MR) is 85.0 cm³/mol. The Morgan fingerprint density at radius 3 is 2.86 bits per heavy atom. The molecule has 0 radical (unpaired) electrons. The Kier molecular flexibility index (Phi) is 4.50. The number of rotatable bonds is 3. The van der Waals surface area contributed by atoms with E-state index in [2.05, 4.69) is 0 Å². The summed E-state index contributed by atoms with van der Waals surface area (Å²) < 4.78 is 11.1. The van der Waals surface area contributed by atoms with Crippen LogP contribution in [0.2, 0.25) is 0 Å². The van der Waals surface area contributed by atoms with Crippen molar-refractivity contribution in [1.82, 2.24) is 4.90 Å². The Hall–Kier alpha value is -1.39. The van der Waals surface area contributed by atoms with Crippen LogP contribution in [0.25, 0.3) is 0 Å². The molecule has 1 atom stereocenters. The lowest BCUT2D eigenvalue weighted by atomic mass is 9.76. The van der Waals surface area contributed by atoms with E-state index in [0.29, 0.717) is 6.61 Å². The SMILES string of the molecule is COC[C@H]1CC2(CCN(C(=O)c3cccc(C)c3)CC2)CO1. The fraction of sp³-hybridized carbons (Fsp3) is 0.611. The summed E-state index contributed by atoms with van der Waals surface area (Å²) in [6, 6.07) is 7.86. The number of methoxy groups -OCH3 is 1. The van der Waals surface area contributed by atoms with Crippen molar-refractivity contribution in [2.45, 2.75) is 32.3 Å². The third-order valence-electron chi connectivity index (χ3n) is 5.01. The standard InChI is InChI=1S/C18H25NO3/c1-14-4-3-5-15(10-14)17(20)19-8-6-18(7-9-19)11-16(12-21-2)22-13-18/h3-5,10,16H,6-9,11-13H2,1-2H3/t16-/m1/s1. The largest absolute Gasteiger partial charge is 0.382 e. The van der Waals surface area contributed by atoms with E-state index in [1.54, 1.807) is 7.11 Å². The molecule has 1 aromatic rings. The molecule has 2 aliphatic heterocycles. The first-order valence-corrected chi connectivity index (χ1v) is 8.08. The Balaban J connectivity index is 1.59. The Labute approximate surface area is 132 Å². The Morgan fingerprint density at radius 1 is 1.41 bits per heavy atom. The summed E-state index contributed by atoms with van der Waals surface area (Å²) in [5, 5.41) is 0. The first-order chi connectivity index (χ1) is 10.6. The number of carbonyl (C=O) groups excluding carboxylic acids is 1. The van der Waals surface area contributed by atoms with Crippen molar-refractivity contribution >= 4 is 5.91 Å². The van der Waals surface area contributed by atoms with E-state index in [0.717, 1.165) is 50.1 Å². The van der Waals surface area contributed by atoms with Crippen LogP contribution in [0.15, 0.2) is 24.3 Å². The Bertz CT molecular complexity index is 535. The van der Waals surface area contributed by atoms with Crippen molar-refractivity contribution in [1.29, 1.82) is 0 Å². The van der Waals surface area contributed by atoms with E-state index in [-0.39, 0.29) is 17.4 Å². The number of benzene rings is 1. The summed E-state index contributed by atoms with van der Waals surface area (Å²) in [5.74, 6) is 0.158. The molecule has 0 aliphatic carbocycles. The smallest absolute Gasteiger partial charge is 0.253 e. The zero-order chi connectivity index (χ0) is 15.6. The van der Waals surface area contributed by atoms with Crippen LogP contribution < -0.4 is 0 Å². The molecule has 3 rings (SSSR count). The van der Waals surface area contributed by atoms with E-state index >= 15 is 0 Å². The van der Waals surface area contributed by atoms with Crippen LogP contribution in [0.5, 0.6) is 0 Å². The highest BCUT2D eigenvalue weighted by atomic mass is 16.5. The molecule has 0 N–H and O–H groups in total. The molecular weight excluding hydrogens is 278 g/mol. The molecule has 22 heavy (non-hydrogen) atoms. The lowest BCUT2D eigenvalue weighted by Crippen LogP contribution is -2.43. The van der Waals surface area contributed by atoms with Crippen LogP contribution in [-0.4, -0.2) is 50.3 Å². The number of amides is 1. The number of aryl methyl sites for hydroxylation is 1. The second-order valence-electron chi connectivity index (χ2n) is 6.75.